The molecule has 3 nitrogen and oxygen atoms in total. The van der Waals surface area contributed by atoms with Crippen LogP contribution in [0.3, 0.4) is 0 Å². The Morgan fingerprint density at radius 1 is 0.479 bits per heavy atom. The van der Waals surface area contributed by atoms with Crippen molar-refractivity contribution in [3.05, 3.63) is 124 Å². The molecule has 0 aromatic heterocycles. The first-order valence-corrected chi connectivity index (χ1v) is 19.1. The Hall–Kier alpha value is -3.21. The second kappa shape index (κ2) is 19.7. The molecule has 0 spiro atoms. The molecule has 0 amide bonds. The van der Waals surface area contributed by atoms with E-state index in [-0.39, 0.29) is 0 Å². The molecule has 0 fully saturated rings. The maximum absolute atomic E-state index is 10.2. The molecule has 3 N–H and O–H groups in total. The third-order valence-corrected chi connectivity index (χ3v) is 9.99. The third-order valence-electron chi connectivity index (χ3n) is 8.83. The van der Waals surface area contributed by atoms with E-state index >= 15 is 0 Å². The van der Waals surface area contributed by atoms with Crippen molar-refractivity contribution in [2.24, 2.45) is 0 Å². The van der Waals surface area contributed by atoms with Gasteiger partial charge in [0.1, 0.15) is 0 Å². The SMILES string of the molecule is CC(C)c1cccc(C(C)C)c1NCCCNc1c(C(C)C)cccc1C(C)C.CC(C)c1ccccc1SCC(O)c1ccccc1. The van der Waals surface area contributed by atoms with Gasteiger partial charge in [0.05, 0.1) is 6.10 Å². The van der Waals surface area contributed by atoms with E-state index in [4.69, 9.17) is 0 Å². The number of para-hydroxylation sites is 2. The van der Waals surface area contributed by atoms with Crippen molar-refractivity contribution in [2.45, 2.75) is 116 Å². The molecule has 0 saturated carbocycles. The van der Waals surface area contributed by atoms with Crippen LogP contribution >= 0.6 is 11.8 Å². The topological polar surface area (TPSA) is 44.3 Å². The Labute approximate surface area is 297 Å². The van der Waals surface area contributed by atoms with E-state index in [1.165, 1.54) is 44.1 Å². The molecule has 0 bridgehead atoms. The minimum Gasteiger partial charge on any atom is -0.388 e. The lowest BCUT2D eigenvalue weighted by molar-refractivity contribution is 0.204. The van der Waals surface area contributed by atoms with E-state index in [0.717, 1.165) is 25.1 Å². The normalized spacial score (nSPS) is 12.1. The summed E-state index contributed by atoms with van der Waals surface area (Å²) in [5.41, 5.74) is 10.7. The summed E-state index contributed by atoms with van der Waals surface area (Å²) >= 11 is 1.73. The van der Waals surface area contributed by atoms with Crippen LogP contribution in [-0.4, -0.2) is 23.9 Å². The van der Waals surface area contributed by atoms with Gasteiger partial charge in [0.2, 0.25) is 0 Å². The molecule has 4 rings (SSSR count). The number of nitrogens with one attached hydrogen (secondary N) is 2. The first-order chi connectivity index (χ1) is 22.9. The van der Waals surface area contributed by atoms with Gasteiger partial charge in [-0.2, -0.15) is 0 Å². The quantitative estimate of drug-likeness (QED) is 0.0873. The van der Waals surface area contributed by atoms with Crippen LogP contribution in [0.15, 0.2) is 95.9 Å². The lowest BCUT2D eigenvalue weighted by Crippen LogP contribution is -2.14. The number of anilines is 2. The van der Waals surface area contributed by atoms with Crippen LogP contribution in [0.5, 0.6) is 0 Å². The van der Waals surface area contributed by atoms with E-state index in [1.807, 2.05) is 30.3 Å². The molecule has 0 aliphatic rings. The van der Waals surface area contributed by atoms with Crippen LogP contribution < -0.4 is 10.6 Å². The van der Waals surface area contributed by atoms with Gasteiger partial charge in [-0.25, -0.2) is 0 Å². The lowest BCUT2D eigenvalue weighted by atomic mass is 9.92. The zero-order valence-corrected chi connectivity index (χ0v) is 32.1. The zero-order chi connectivity index (χ0) is 35.2. The van der Waals surface area contributed by atoms with Gasteiger partial charge in [0, 0.05) is 35.1 Å². The highest BCUT2D eigenvalue weighted by atomic mass is 32.2. The Kier molecular flexibility index (Phi) is 16.1. The Balaban J connectivity index is 0.000000284. The summed E-state index contributed by atoms with van der Waals surface area (Å²) in [6.45, 7) is 24.6. The van der Waals surface area contributed by atoms with Crippen molar-refractivity contribution < 1.29 is 5.11 Å². The van der Waals surface area contributed by atoms with Crippen LogP contribution in [-0.2, 0) is 0 Å². The van der Waals surface area contributed by atoms with Gasteiger partial charge in [0.15, 0.2) is 0 Å². The van der Waals surface area contributed by atoms with Crippen molar-refractivity contribution in [1.82, 2.24) is 0 Å². The summed E-state index contributed by atoms with van der Waals surface area (Å²) in [6.07, 6.45) is 0.680. The van der Waals surface area contributed by atoms with Crippen molar-refractivity contribution >= 4 is 23.1 Å². The second-order valence-electron chi connectivity index (χ2n) is 14.4. The molecule has 4 heteroatoms. The first kappa shape index (κ1) is 39.2. The number of thioether (sulfide) groups is 1. The van der Waals surface area contributed by atoms with Gasteiger partial charge < -0.3 is 15.7 Å². The fraction of sp³-hybridized carbons (Fsp3) is 0.455. The van der Waals surface area contributed by atoms with E-state index < -0.39 is 6.10 Å². The highest BCUT2D eigenvalue weighted by Gasteiger charge is 2.15. The van der Waals surface area contributed by atoms with Gasteiger partial charge in [-0.3, -0.25) is 0 Å². The maximum atomic E-state index is 10.2. The molecule has 0 aliphatic carbocycles. The average molecular weight is 667 g/mol. The second-order valence-corrected chi connectivity index (χ2v) is 15.4. The average Bonchev–Trinajstić information content (AvgIpc) is 3.07. The Morgan fingerprint density at radius 3 is 1.27 bits per heavy atom. The molecule has 0 radical (unpaired) electrons. The van der Waals surface area contributed by atoms with E-state index in [1.54, 1.807) is 11.8 Å². The molecular formula is C44H62N2OS. The number of hydrogen-bond acceptors (Lipinski definition) is 4. The highest BCUT2D eigenvalue weighted by Crippen LogP contribution is 2.34. The van der Waals surface area contributed by atoms with Gasteiger partial charge in [-0.15, -0.1) is 11.8 Å². The highest BCUT2D eigenvalue weighted by molar-refractivity contribution is 7.99. The number of aliphatic hydroxyl groups excluding tert-OH is 1. The number of aliphatic hydroxyl groups is 1. The predicted molar refractivity (Wildman–Crippen MR) is 213 cm³/mol. The predicted octanol–water partition coefficient (Wildman–Crippen LogP) is 12.7. The molecule has 4 aromatic rings. The maximum Gasteiger partial charge on any atom is 0.0883 e. The summed E-state index contributed by atoms with van der Waals surface area (Å²) in [6, 6.07) is 31.8. The van der Waals surface area contributed by atoms with Gasteiger partial charge in [-0.1, -0.05) is 154 Å². The van der Waals surface area contributed by atoms with Gasteiger partial charge >= 0.3 is 0 Å². The number of benzene rings is 4. The van der Waals surface area contributed by atoms with Crippen LogP contribution in [0, 0.1) is 0 Å². The van der Waals surface area contributed by atoms with Crippen LogP contribution in [0.2, 0.25) is 0 Å². The van der Waals surface area contributed by atoms with Gasteiger partial charge in [-0.05, 0) is 75.5 Å². The molecule has 4 aromatic carbocycles. The van der Waals surface area contributed by atoms with Crippen molar-refractivity contribution in [3.63, 3.8) is 0 Å². The Bertz CT molecular complexity index is 1390. The standard InChI is InChI=1S/C27H42N2.C17H20OS/c1-18(2)22-12-9-13-23(19(3)4)26(22)28-16-11-17-29-27-24(20(5)6)14-10-15-25(27)21(7)8;1-13(2)15-10-6-7-11-17(15)19-12-16(18)14-8-4-3-5-9-14/h9-10,12-15,18-21,28-29H,11,16-17H2,1-8H3;3-11,13,16,18H,12H2,1-2H3. The molecule has 0 aliphatic heterocycles. The van der Waals surface area contributed by atoms with E-state index in [0.29, 0.717) is 35.3 Å². The fourth-order valence-electron chi connectivity index (χ4n) is 6.05. The third kappa shape index (κ3) is 11.4. The fourth-order valence-corrected chi connectivity index (χ4v) is 7.23. The summed E-state index contributed by atoms with van der Waals surface area (Å²) in [5, 5.41) is 17.7. The number of rotatable bonds is 15. The molecule has 1 atom stereocenters. The monoisotopic (exact) mass is 666 g/mol. The van der Waals surface area contributed by atoms with E-state index in [9.17, 15) is 5.11 Å². The molecule has 1 unspecified atom stereocenters. The minimum absolute atomic E-state index is 0.411. The van der Waals surface area contributed by atoms with Crippen molar-refractivity contribution in [2.75, 3.05) is 29.5 Å². The molecule has 260 valence electrons. The van der Waals surface area contributed by atoms with Gasteiger partial charge in [0.25, 0.3) is 0 Å². The van der Waals surface area contributed by atoms with Crippen LogP contribution in [0.25, 0.3) is 0 Å². The zero-order valence-electron chi connectivity index (χ0n) is 31.3. The summed E-state index contributed by atoms with van der Waals surface area (Å²) in [4.78, 5) is 1.27. The summed E-state index contributed by atoms with van der Waals surface area (Å²) in [7, 11) is 0. The first-order valence-electron chi connectivity index (χ1n) is 18.1. The summed E-state index contributed by atoms with van der Waals surface area (Å²) in [5.74, 6) is 3.31. The number of hydrogen-bond donors (Lipinski definition) is 3. The van der Waals surface area contributed by atoms with Crippen molar-refractivity contribution in [1.29, 1.82) is 0 Å². The minimum atomic E-state index is -0.411. The molecule has 0 saturated heterocycles. The Morgan fingerprint density at radius 2 is 0.854 bits per heavy atom. The lowest BCUT2D eigenvalue weighted by Gasteiger charge is -2.22. The molecular weight excluding hydrogens is 605 g/mol. The van der Waals surface area contributed by atoms with E-state index in [2.05, 4.69) is 141 Å². The largest absolute Gasteiger partial charge is 0.388 e. The van der Waals surface area contributed by atoms with Crippen molar-refractivity contribution in [3.8, 4) is 0 Å². The molecule has 0 heterocycles. The van der Waals surface area contributed by atoms with Crippen LogP contribution in [0.1, 0.15) is 145 Å². The smallest absolute Gasteiger partial charge is 0.0883 e. The summed E-state index contributed by atoms with van der Waals surface area (Å²) < 4.78 is 0. The van der Waals surface area contributed by atoms with Crippen LogP contribution in [0.4, 0.5) is 11.4 Å². The molecule has 48 heavy (non-hydrogen) atoms.